The molecule has 1 aliphatic carbocycles. The van der Waals surface area contributed by atoms with Crippen LogP contribution in [0.15, 0.2) is 12.1 Å². The summed E-state index contributed by atoms with van der Waals surface area (Å²) >= 11 is 0. The van der Waals surface area contributed by atoms with E-state index in [9.17, 15) is 10.2 Å². The van der Waals surface area contributed by atoms with Crippen molar-refractivity contribution in [3.8, 4) is 5.75 Å². The Bertz CT molecular complexity index is 438. The Morgan fingerprint density at radius 1 is 1.31 bits per heavy atom. The molecule has 1 aromatic rings. The minimum absolute atomic E-state index is 0.323. The molecule has 3 heteroatoms. The van der Waals surface area contributed by atoms with Gasteiger partial charge in [-0.1, -0.05) is 6.07 Å². The highest BCUT2D eigenvalue weighted by Gasteiger charge is 2.44. The van der Waals surface area contributed by atoms with Gasteiger partial charge in [-0.25, -0.2) is 0 Å². The van der Waals surface area contributed by atoms with Crippen molar-refractivity contribution in [2.24, 2.45) is 0 Å². The average molecular weight is 219 g/mol. The highest BCUT2D eigenvalue weighted by Crippen LogP contribution is 2.51. The van der Waals surface area contributed by atoms with E-state index in [0.29, 0.717) is 5.75 Å². The number of benzene rings is 1. The van der Waals surface area contributed by atoms with Crippen molar-refractivity contribution in [1.82, 2.24) is 0 Å². The molecular weight excluding hydrogens is 202 g/mol. The summed E-state index contributed by atoms with van der Waals surface area (Å²) < 4.78 is 0. The Morgan fingerprint density at radius 3 is 2.75 bits per heavy atom. The number of phenols is 1. The molecule has 0 aromatic heterocycles. The van der Waals surface area contributed by atoms with Crippen LogP contribution in [-0.4, -0.2) is 23.8 Å². The van der Waals surface area contributed by atoms with E-state index in [4.69, 9.17) is 0 Å². The Balaban J connectivity index is 2.12. The fourth-order valence-corrected chi connectivity index (χ4v) is 2.61. The van der Waals surface area contributed by atoms with Crippen LogP contribution in [0.4, 0.5) is 5.69 Å². The number of anilines is 1. The minimum atomic E-state index is -0.741. The predicted octanol–water partition coefficient (Wildman–Crippen LogP) is 1.76. The van der Waals surface area contributed by atoms with Gasteiger partial charge in [0, 0.05) is 30.4 Å². The van der Waals surface area contributed by atoms with Crippen LogP contribution in [0.5, 0.6) is 5.75 Å². The second kappa shape index (κ2) is 3.14. The second-order valence-corrected chi connectivity index (χ2v) is 5.02. The molecule has 86 valence electrons. The number of nitrogens with zero attached hydrogens (tertiary/aromatic N) is 1. The number of fused-ring (bicyclic) bond motifs is 1. The molecule has 0 spiro atoms. The maximum Gasteiger partial charge on any atom is 0.126 e. The Hall–Kier alpha value is -1.22. The van der Waals surface area contributed by atoms with E-state index in [1.54, 1.807) is 0 Å². The van der Waals surface area contributed by atoms with E-state index >= 15 is 0 Å². The van der Waals surface area contributed by atoms with Crippen molar-refractivity contribution in [3.05, 3.63) is 23.3 Å². The van der Waals surface area contributed by atoms with Crippen LogP contribution in [0, 0.1) is 0 Å². The quantitative estimate of drug-likeness (QED) is 0.756. The zero-order valence-electron chi connectivity index (χ0n) is 9.53. The third-order valence-corrected chi connectivity index (χ3v) is 3.81. The third-order valence-electron chi connectivity index (χ3n) is 3.81. The third kappa shape index (κ3) is 1.31. The Kier molecular flexibility index (Phi) is 1.96. The molecule has 2 aliphatic rings. The Morgan fingerprint density at radius 2 is 2.06 bits per heavy atom. The lowest BCUT2D eigenvalue weighted by Gasteiger charge is -2.29. The molecule has 1 aromatic carbocycles. The van der Waals surface area contributed by atoms with Gasteiger partial charge in [-0.3, -0.25) is 0 Å². The van der Waals surface area contributed by atoms with Crippen LogP contribution in [0.3, 0.4) is 0 Å². The van der Waals surface area contributed by atoms with E-state index in [1.807, 2.05) is 19.2 Å². The maximum absolute atomic E-state index is 10.2. The van der Waals surface area contributed by atoms with Crippen molar-refractivity contribution in [3.63, 3.8) is 0 Å². The second-order valence-electron chi connectivity index (χ2n) is 5.02. The number of aromatic hydroxyl groups is 1. The zero-order valence-corrected chi connectivity index (χ0v) is 9.53. The molecule has 3 rings (SSSR count). The van der Waals surface area contributed by atoms with Crippen molar-refractivity contribution >= 4 is 5.69 Å². The molecule has 3 nitrogen and oxygen atoms in total. The topological polar surface area (TPSA) is 43.7 Å². The van der Waals surface area contributed by atoms with Gasteiger partial charge in [-0.2, -0.15) is 0 Å². The lowest BCUT2D eigenvalue weighted by atomic mass is 9.95. The molecule has 1 fully saturated rings. The molecule has 1 aliphatic heterocycles. The molecule has 0 atom stereocenters. The fourth-order valence-electron chi connectivity index (χ4n) is 2.61. The molecule has 0 bridgehead atoms. The zero-order chi connectivity index (χ0) is 11.3. The van der Waals surface area contributed by atoms with Crippen LogP contribution in [0.2, 0.25) is 0 Å². The van der Waals surface area contributed by atoms with Crippen molar-refractivity contribution in [2.45, 2.75) is 31.3 Å². The first kappa shape index (κ1) is 9.97. The predicted molar refractivity (Wildman–Crippen MR) is 62.8 cm³/mol. The van der Waals surface area contributed by atoms with Gasteiger partial charge < -0.3 is 15.1 Å². The van der Waals surface area contributed by atoms with Crippen molar-refractivity contribution in [1.29, 1.82) is 0 Å². The van der Waals surface area contributed by atoms with Gasteiger partial charge in [-0.05, 0) is 31.7 Å². The normalized spacial score (nSPS) is 21.8. The van der Waals surface area contributed by atoms with E-state index in [2.05, 4.69) is 4.90 Å². The first-order chi connectivity index (χ1) is 7.62. The summed E-state index contributed by atoms with van der Waals surface area (Å²) in [5.41, 5.74) is 2.10. The standard InChI is InChI=1S/C13H17NO2/c1-14-8-2-3-9-11(14)5-4-10(12(9)15)13(16)6-7-13/h4-5,15-16H,2-3,6-8H2,1H3. The molecule has 16 heavy (non-hydrogen) atoms. The van der Waals surface area contributed by atoms with Crippen molar-refractivity contribution in [2.75, 3.05) is 18.5 Å². The molecule has 1 heterocycles. The Labute approximate surface area is 95.3 Å². The van der Waals surface area contributed by atoms with Gasteiger partial charge in [0.1, 0.15) is 5.75 Å². The fraction of sp³-hybridized carbons (Fsp3) is 0.538. The van der Waals surface area contributed by atoms with Gasteiger partial charge in [0.15, 0.2) is 0 Å². The molecule has 0 unspecified atom stereocenters. The SMILES string of the molecule is CN1CCCc2c1ccc(C1(O)CC1)c2O. The molecular formula is C13H17NO2. The van der Waals surface area contributed by atoms with Crippen LogP contribution in [0.25, 0.3) is 0 Å². The van der Waals surface area contributed by atoms with E-state index in [-0.39, 0.29) is 0 Å². The summed E-state index contributed by atoms with van der Waals surface area (Å²) in [4.78, 5) is 2.17. The summed E-state index contributed by atoms with van der Waals surface area (Å²) in [6, 6.07) is 3.91. The van der Waals surface area contributed by atoms with Gasteiger partial charge in [0.05, 0.1) is 5.60 Å². The number of rotatable bonds is 1. The van der Waals surface area contributed by atoms with E-state index in [0.717, 1.165) is 49.0 Å². The smallest absolute Gasteiger partial charge is 0.126 e. The first-order valence-electron chi connectivity index (χ1n) is 5.91. The number of hydrogen-bond donors (Lipinski definition) is 2. The van der Waals surface area contributed by atoms with Gasteiger partial charge >= 0.3 is 0 Å². The van der Waals surface area contributed by atoms with E-state index < -0.39 is 5.60 Å². The van der Waals surface area contributed by atoms with E-state index in [1.165, 1.54) is 0 Å². The summed E-state index contributed by atoms with van der Waals surface area (Å²) in [6.45, 7) is 1.04. The lowest BCUT2D eigenvalue weighted by Crippen LogP contribution is -2.25. The molecule has 0 amide bonds. The van der Waals surface area contributed by atoms with Crippen LogP contribution < -0.4 is 4.90 Å². The van der Waals surface area contributed by atoms with Gasteiger partial charge in [0.2, 0.25) is 0 Å². The number of aliphatic hydroxyl groups is 1. The molecule has 2 N–H and O–H groups in total. The summed E-state index contributed by atoms with van der Waals surface area (Å²) in [6.07, 6.45) is 3.53. The first-order valence-corrected chi connectivity index (χ1v) is 5.91. The van der Waals surface area contributed by atoms with Gasteiger partial charge in [-0.15, -0.1) is 0 Å². The maximum atomic E-state index is 10.2. The lowest BCUT2D eigenvalue weighted by molar-refractivity contribution is 0.147. The number of phenolic OH excluding ortho intramolecular Hbond substituents is 1. The largest absolute Gasteiger partial charge is 0.507 e. The van der Waals surface area contributed by atoms with Gasteiger partial charge in [0.25, 0.3) is 0 Å². The monoisotopic (exact) mass is 219 g/mol. The highest BCUT2D eigenvalue weighted by molar-refractivity contribution is 5.64. The molecule has 0 saturated heterocycles. The van der Waals surface area contributed by atoms with Crippen molar-refractivity contribution < 1.29 is 10.2 Å². The number of hydrogen-bond acceptors (Lipinski definition) is 3. The summed E-state index contributed by atoms with van der Waals surface area (Å²) in [5, 5.41) is 20.3. The summed E-state index contributed by atoms with van der Waals surface area (Å²) in [7, 11) is 2.04. The van der Waals surface area contributed by atoms with Crippen LogP contribution >= 0.6 is 0 Å². The average Bonchev–Trinajstić information content (AvgIpc) is 2.99. The van der Waals surface area contributed by atoms with Crippen LogP contribution in [0.1, 0.15) is 30.4 Å². The minimum Gasteiger partial charge on any atom is -0.507 e. The molecule has 1 saturated carbocycles. The highest BCUT2D eigenvalue weighted by atomic mass is 16.3. The molecule has 0 radical (unpaired) electrons. The summed E-state index contributed by atoms with van der Waals surface area (Å²) in [5.74, 6) is 0.323. The van der Waals surface area contributed by atoms with Crippen LogP contribution in [-0.2, 0) is 12.0 Å².